The van der Waals surface area contributed by atoms with E-state index in [1.165, 1.54) is 6.07 Å². The number of carbonyl (C=O) groups excluding carboxylic acids is 2. The molecule has 0 spiro atoms. The smallest absolute Gasteiger partial charge is 0.293 e. The molecule has 45 heavy (non-hydrogen) atoms. The molecule has 0 fully saturated rings. The zero-order valence-corrected chi connectivity index (χ0v) is 24.3. The van der Waals surface area contributed by atoms with Crippen LogP contribution in [0, 0.1) is 21.4 Å². The monoisotopic (exact) mass is 621 g/mol. The van der Waals surface area contributed by atoms with Gasteiger partial charge in [-0.3, -0.25) is 19.7 Å². The number of nitrogens with zero attached hydrogens (tertiary/aromatic N) is 3. The predicted molar refractivity (Wildman–Crippen MR) is 168 cm³/mol. The van der Waals surface area contributed by atoms with Crippen LogP contribution in [-0.4, -0.2) is 45.4 Å². The summed E-state index contributed by atoms with van der Waals surface area (Å²) in [5.74, 6) is 0.0713. The molecule has 11 nitrogen and oxygen atoms in total. The molecule has 4 aromatic carbocycles. The Morgan fingerprint density at radius 1 is 1.16 bits per heavy atom. The number of halogens is 1. The molecule has 3 N–H and O–H groups in total. The van der Waals surface area contributed by atoms with E-state index >= 15 is 0 Å². The maximum Gasteiger partial charge on any atom is 0.293 e. The lowest BCUT2D eigenvalue weighted by molar-refractivity contribution is -0.383. The van der Waals surface area contributed by atoms with E-state index in [1.807, 2.05) is 0 Å². The van der Waals surface area contributed by atoms with Crippen molar-refractivity contribution < 1.29 is 24.4 Å². The summed E-state index contributed by atoms with van der Waals surface area (Å²) in [6.45, 7) is 0.358. The number of aromatic nitrogens is 1. The van der Waals surface area contributed by atoms with Gasteiger partial charge in [0.15, 0.2) is 6.10 Å². The normalized spacial score (nSPS) is 16.7. The minimum absolute atomic E-state index is 0.0122. The number of hydrogen-bond donors (Lipinski definition) is 3. The molecule has 0 aliphatic carbocycles. The van der Waals surface area contributed by atoms with E-state index in [1.54, 1.807) is 65.6 Å². The summed E-state index contributed by atoms with van der Waals surface area (Å²) in [5.41, 5.74) is 3.41. The van der Waals surface area contributed by atoms with E-state index < -0.39 is 16.9 Å². The highest BCUT2D eigenvalue weighted by Gasteiger charge is 2.40. The lowest BCUT2D eigenvalue weighted by Gasteiger charge is -2.22. The van der Waals surface area contributed by atoms with Crippen molar-refractivity contribution in [3.8, 4) is 17.6 Å². The van der Waals surface area contributed by atoms with Crippen LogP contribution in [0.25, 0.3) is 21.7 Å². The Hall–Kier alpha value is -5.60. The van der Waals surface area contributed by atoms with Crippen molar-refractivity contribution in [2.24, 2.45) is 0 Å². The number of hydrogen-bond acceptors (Lipinski definition) is 7. The van der Waals surface area contributed by atoms with E-state index in [0.29, 0.717) is 52.3 Å². The lowest BCUT2D eigenvalue weighted by Crippen LogP contribution is -2.41. The third-order valence-electron chi connectivity index (χ3n) is 8.43. The summed E-state index contributed by atoms with van der Waals surface area (Å²) < 4.78 is 6.06. The number of fused-ring (bicyclic) bond motifs is 5. The first-order valence-electron chi connectivity index (χ1n) is 14.2. The Kier molecular flexibility index (Phi) is 6.79. The highest BCUT2D eigenvalue weighted by Crippen LogP contribution is 2.47. The molecule has 3 heterocycles. The van der Waals surface area contributed by atoms with Crippen LogP contribution in [0.5, 0.6) is 11.5 Å². The number of phenols is 1. The number of amides is 2. The van der Waals surface area contributed by atoms with Crippen molar-refractivity contribution in [2.45, 2.75) is 24.9 Å². The van der Waals surface area contributed by atoms with Crippen LogP contribution in [0.4, 0.5) is 17.1 Å². The van der Waals surface area contributed by atoms with Crippen molar-refractivity contribution in [1.29, 1.82) is 5.26 Å². The number of phenolic OH excluding ortho intramolecular Hbond substituents is 1. The van der Waals surface area contributed by atoms with Crippen LogP contribution < -0.4 is 15.0 Å². The Bertz CT molecular complexity index is 2120. The van der Waals surface area contributed by atoms with Crippen LogP contribution in [0.15, 0.2) is 66.7 Å². The molecule has 2 unspecified atom stereocenters. The van der Waals surface area contributed by atoms with Crippen molar-refractivity contribution in [3.63, 3.8) is 0 Å². The summed E-state index contributed by atoms with van der Waals surface area (Å²) >= 11 is 6.15. The van der Waals surface area contributed by atoms with Crippen molar-refractivity contribution >= 4 is 62.2 Å². The number of para-hydroxylation sites is 1. The number of rotatable bonds is 6. The van der Waals surface area contributed by atoms with Crippen molar-refractivity contribution in [2.75, 3.05) is 22.6 Å². The predicted octanol–water partition coefficient (Wildman–Crippen LogP) is 6.12. The zero-order chi connectivity index (χ0) is 31.4. The molecule has 12 heteroatoms. The second-order valence-electron chi connectivity index (χ2n) is 11.1. The van der Waals surface area contributed by atoms with E-state index in [4.69, 9.17) is 16.3 Å². The fourth-order valence-corrected chi connectivity index (χ4v) is 6.64. The van der Waals surface area contributed by atoms with Crippen LogP contribution in [-0.2, 0) is 11.2 Å². The minimum Gasteiger partial charge on any atom is -0.507 e. The Labute approximate surface area is 260 Å². The molecule has 1 aromatic heterocycles. The molecule has 5 aromatic rings. The van der Waals surface area contributed by atoms with Gasteiger partial charge in [-0.2, -0.15) is 5.26 Å². The van der Waals surface area contributed by atoms with Gasteiger partial charge in [-0.05, 0) is 59.8 Å². The van der Waals surface area contributed by atoms with Gasteiger partial charge in [0.2, 0.25) is 0 Å². The Balaban J connectivity index is 1.12. The number of benzene rings is 4. The molecule has 2 atom stereocenters. The largest absolute Gasteiger partial charge is 0.507 e. The number of non-ortho nitro benzene ring substituents is 1. The maximum atomic E-state index is 13.9. The number of nitro benzene ring substituents is 1. The van der Waals surface area contributed by atoms with Gasteiger partial charge in [0, 0.05) is 58.9 Å². The Morgan fingerprint density at radius 2 is 2.00 bits per heavy atom. The lowest BCUT2D eigenvalue weighted by atomic mass is 9.92. The van der Waals surface area contributed by atoms with E-state index in [2.05, 4.69) is 16.4 Å². The zero-order valence-electron chi connectivity index (χ0n) is 23.5. The first kappa shape index (κ1) is 28.2. The number of nitriles is 1. The van der Waals surface area contributed by atoms with Gasteiger partial charge in [-0.15, -0.1) is 11.6 Å². The number of nitrogens with one attached hydrogen (secondary N) is 2. The highest BCUT2D eigenvalue weighted by atomic mass is 35.5. The van der Waals surface area contributed by atoms with Gasteiger partial charge >= 0.3 is 0 Å². The van der Waals surface area contributed by atoms with Gasteiger partial charge in [-0.1, -0.05) is 12.1 Å². The van der Waals surface area contributed by atoms with Gasteiger partial charge in [0.25, 0.3) is 17.5 Å². The number of ether oxygens (including phenoxy) is 1. The van der Waals surface area contributed by atoms with Gasteiger partial charge in [0.1, 0.15) is 22.7 Å². The average molecular weight is 622 g/mol. The van der Waals surface area contributed by atoms with Gasteiger partial charge in [-0.25, -0.2) is 0 Å². The molecule has 7 rings (SSSR count). The second kappa shape index (κ2) is 10.8. The SMILES string of the molecule is N#Cc1ccc2c(O)cc3c(c2c1)C(CCCl)CN3C(=O)C1Cc2cc(NC(=O)c3cc4cccc([N+](=O)[O-])c4[nH]3)ccc2O1. The summed E-state index contributed by atoms with van der Waals surface area (Å²) in [4.78, 5) is 42.3. The second-order valence-corrected chi connectivity index (χ2v) is 11.5. The molecule has 0 saturated heterocycles. The van der Waals surface area contributed by atoms with Crippen molar-refractivity contribution in [1.82, 2.24) is 4.98 Å². The van der Waals surface area contributed by atoms with E-state index in [9.17, 15) is 30.1 Å². The fourth-order valence-electron chi connectivity index (χ4n) is 6.37. The van der Waals surface area contributed by atoms with Crippen LogP contribution in [0.3, 0.4) is 0 Å². The number of nitro groups is 1. The maximum absolute atomic E-state index is 13.9. The standard InChI is InChI=1S/C33H24ClN5O6/c34-9-8-19-16-38(26-14-27(40)22-6-4-17(15-35)10-23(22)30(19)26)33(42)29-13-20-11-21(5-7-28(20)45-29)36-32(41)24-12-18-2-1-3-25(39(43)44)31(18)37-24/h1-7,10-12,14,19,29,37,40H,8-9,13,16H2,(H,36,41). The van der Waals surface area contributed by atoms with Crippen LogP contribution in [0.1, 0.15) is 39.5 Å². The third kappa shape index (κ3) is 4.76. The van der Waals surface area contributed by atoms with E-state index in [0.717, 1.165) is 16.5 Å². The highest BCUT2D eigenvalue weighted by molar-refractivity contribution is 6.18. The summed E-state index contributed by atoms with van der Waals surface area (Å²) in [7, 11) is 0. The average Bonchev–Trinajstić information content (AvgIpc) is 3.76. The first-order valence-corrected chi connectivity index (χ1v) is 14.7. The molecule has 2 amide bonds. The third-order valence-corrected chi connectivity index (χ3v) is 8.65. The summed E-state index contributed by atoms with van der Waals surface area (Å²) in [6, 6.07) is 20.1. The van der Waals surface area contributed by atoms with Gasteiger partial charge in [0.05, 0.1) is 22.2 Å². The number of carbonyl (C=O) groups is 2. The van der Waals surface area contributed by atoms with Crippen molar-refractivity contribution in [3.05, 3.63) is 99.2 Å². The molecule has 0 radical (unpaired) electrons. The molecular formula is C33H24ClN5O6. The minimum atomic E-state index is -0.828. The van der Waals surface area contributed by atoms with Gasteiger partial charge < -0.3 is 25.0 Å². The molecule has 0 saturated carbocycles. The number of anilines is 2. The van der Waals surface area contributed by atoms with Crippen LogP contribution >= 0.6 is 11.6 Å². The molecule has 2 aliphatic rings. The molecular weight excluding hydrogens is 598 g/mol. The van der Waals surface area contributed by atoms with E-state index in [-0.39, 0.29) is 40.9 Å². The number of alkyl halides is 1. The summed E-state index contributed by atoms with van der Waals surface area (Å²) in [6.07, 6.45) is 0.0415. The molecule has 0 bridgehead atoms. The topological polar surface area (TPSA) is 162 Å². The summed E-state index contributed by atoms with van der Waals surface area (Å²) in [5, 5.41) is 36.4. The molecule has 2 aliphatic heterocycles. The fraction of sp³-hybridized carbons (Fsp3) is 0.182. The first-order chi connectivity index (χ1) is 21.7. The Morgan fingerprint density at radius 3 is 2.78 bits per heavy atom. The quantitative estimate of drug-likeness (QED) is 0.117. The molecule has 224 valence electrons. The number of H-pyrrole nitrogens is 1. The number of aromatic hydroxyl groups is 1. The van der Waals surface area contributed by atoms with Crippen LogP contribution in [0.2, 0.25) is 0 Å². The number of aromatic amines is 1.